The van der Waals surface area contributed by atoms with Gasteiger partial charge in [0.2, 0.25) is 0 Å². The first-order valence-electron chi connectivity index (χ1n) is 6.36. The molecule has 0 bridgehead atoms. The number of aromatic nitrogens is 2. The van der Waals surface area contributed by atoms with E-state index in [0.717, 1.165) is 24.2 Å². The molecule has 1 aromatic rings. The summed E-state index contributed by atoms with van der Waals surface area (Å²) < 4.78 is 6.82. The van der Waals surface area contributed by atoms with Crippen LogP contribution in [0.15, 0.2) is 6.07 Å². The van der Waals surface area contributed by atoms with Gasteiger partial charge in [0.25, 0.3) is 0 Å². The molecule has 5 nitrogen and oxygen atoms in total. The third kappa shape index (κ3) is 2.27. The van der Waals surface area contributed by atoms with Gasteiger partial charge in [-0.15, -0.1) is 0 Å². The zero-order valence-corrected chi connectivity index (χ0v) is 11.3. The number of carbonyl (C=O) groups excluding carboxylic acids is 1. The van der Waals surface area contributed by atoms with Crippen molar-refractivity contribution in [1.29, 1.82) is 0 Å². The Bertz CT molecular complexity index is 455. The number of nitrogens with zero attached hydrogens (tertiary/aromatic N) is 2. The molecule has 100 valence electrons. The van der Waals surface area contributed by atoms with Crippen LogP contribution in [0.2, 0.25) is 0 Å². The highest BCUT2D eigenvalue weighted by molar-refractivity contribution is 5.80. The second-order valence-corrected chi connectivity index (χ2v) is 5.27. The molecule has 2 atom stereocenters. The standard InChI is InChI=1S/C13H21N3O2/c1-9-7-10(2)16(15-9)11-5-4-6-13(14,8-11)12(17)18-3/h7,11H,4-6,8,14H2,1-3H3. The lowest BCUT2D eigenvalue weighted by atomic mass is 9.79. The topological polar surface area (TPSA) is 70.1 Å². The molecule has 0 spiro atoms. The number of rotatable bonds is 2. The zero-order chi connectivity index (χ0) is 13.3. The normalized spacial score (nSPS) is 28.1. The van der Waals surface area contributed by atoms with Crippen LogP contribution >= 0.6 is 0 Å². The summed E-state index contributed by atoms with van der Waals surface area (Å²) in [6.45, 7) is 4.01. The Hall–Kier alpha value is -1.36. The number of nitrogens with two attached hydrogens (primary N) is 1. The molecule has 2 rings (SSSR count). The molecular weight excluding hydrogens is 230 g/mol. The summed E-state index contributed by atoms with van der Waals surface area (Å²) in [5, 5.41) is 4.49. The van der Waals surface area contributed by atoms with Crippen LogP contribution in [0.1, 0.15) is 43.1 Å². The van der Waals surface area contributed by atoms with Gasteiger partial charge in [0.1, 0.15) is 5.54 Å². The molecule has 1 fully saturated rings. The molecule has 0 amide bonds. The van der Waals surface area contributed by atoms with Gasteiger partial charge in [-0.05, 0) is 45.6 Å². The van der Waals surface area contributed by atoms with E-state index < -0.39 is 5.54 Å². The molecule has 1 aliphatic rings. The maximum atomic E-state index is 11.8. The highest BCUT2D eigenvalue weighted by Gasteiger charge is 2.41. The molecular formula is C13H21N3O2. The molecule has 18 heavy (non-hydrogen) atoms. The van der Waals surface area contributed by atoms with Gasteiger partial charge < -0.3 is 10.5 Å². The van der Waals surface area contributed by atoms with Crippen LogP contribution < -0.4 is 5.73 Å². The number of carbonyl (C=O) groups is 1. The minimum absolute atomic E-state index is 0.191. The number of esters is 1. The van der Waals surface area contributed by atoms with Crippen molar-refractivity contribution in [3.8, 4) is 0 Å². The highest BCUT2D eigenvalue weighted by atomic mass is 16.5. The van der Waals surface area contributed by atoms with Gasteiger partial charge >= 0.3 is 5.97 Å². The maximum absolute atomic E-state index is 11.8. The second-order valence-electron chi connectivity index (χ2n) is 5.27. The van der Waals surface area contributed by atoms with Gasteiger partial charge in [-0.1, -0.05) is 0 Å². The first-order valence-corrected chi connectivity index (χ1v) is 6.36. The summed E-state index contributed by atoms with van der Waals surface area (Å²) in [6.07, 6.45) is 3.23. The van der Waals surface area contributed by atoms with E-state index in [2.05, 4.69) is 5.10 Å². The average Bonchev–Trinajstić information content (AvgIpc) is 2.67. The molecule has 1 heterocycles. The summed E-state index contributed by atoms with van der Waals surface area (Å²) in [6, 6.07) is 2.24. The van der Waals surface area contributed by atoms with Crippen molar-refractivity contribution in [3.05, 3.63) is 17.5 Å². The third-order valence-electron chi connectivity index (χ3n) is 3.74. The highest BCUT2D eigenvalue weighted by Crippen LogP contribution is 2.35. The van der Waals surface area contributed by atoms with Gasteiger partial charge in [0.05, 0.1) is 18.8 Å². The molecule has 1 aromatic heterocycles. The Morgan fingerprint density at radius 2 is 2.33 bits per heavy atom. The predicted molar refractivity (Wildman–Crippen MR) is 68.1 cm³/mol. The van der Waals surface area contributed by atoms with E-state index in [-0.39, 0.29) is 12.0 Å². The van der Waals surface area contributed by atoms with Crippen molar-refractivity contribution in [2.75, 3.05) is 7.11 Å². The Labute approximate surface area is 107 Å². The second kappa shape index (κ2) is 4.72. The lowest BCUT2D eigenvalue weighted by Gasteiger charge is -2.35. The van der Waals surface area contributed by atoms with Gasteiger partial charge in [-0.3, -0.25) is 9.48 Å². The number of hydrogen-bond acceptors (Lipinski definition) is 4. The molecule has 0 saturated heterocycles. The van der Waals surface area contributed by atoms with Crippen molar-refractivity contribution >= 4 is 5.97 Å². The van der Waals surface area contributed by atoms with Crippen LogP contribution in [-0.4, -0.2) is 28.4 Å². The fourth-order valence-electron chi connectivity index (χ4n) is 2.89. The largest absolute Gasteiger partial charge is 0.468 e. The van der Waals surface area contributed by atoms with Gasteiger partial charge in [-0.25, -0.2) is 0 Å². The van der Waals surface area contributed by atoms with E-state index in [1.165, 1.54) is 7.11 Å². The van der Waals surface area contributed by atoms with E-state index in [1.54, 1.807) is 0 Å². The van der Waals surface area contributed by atoms with Crippen molar-refractivity contribution in [2.45, 2.75) is 51.1 Å². The van der Waals surface area contributed by atoms with Crippen LogP contribution in [0.4, 0.5) is 0 Å². The molecule has 2 unspecified atom stereocenters. The Kier molecular flexibility index (Phi) is 3.43. The molecule has 0 aromatic carbocycles. The van der Waals surface area contributed by atoms with Gasteiger partial charge in [-0.2, -0.15) is 5.10 Å². The first kappa shape index (κ1) is 13.1. The van der Waals surface area contributed by atoms with Crippen molar-refractivity contribution in [3.63, 3.8) is 0 Å². The van der Waals surface area contributed by atoms with E-state index in [9.17, 15) is 4.79 Å². The smallest absolute Gasteiger partial charge is 0.325 e. The minimum Gasteiger partial charge on any atom is -0.468 e. The first-order chi connectivity index (χ1) is 8.46. The summed E-state index contributed by atoms with van der Waals surface area (Å²) in [7, 11) is 1.39. The summed E-state index contributed by atoms with van der Waals surface area (Å²) in [5.74, 6) is -0.311. The third-order valence-corrected chi connectivity index (χ3v) is 3.74. The summed E-state index contributed by atoms with van der Waals surface area (Å²) in [4.78, 5) is 11.8. The van der Waals surface area contributed by atoms with Crippen LogP contribution in [0, 0.1) is 13.8 Å². The van der Waals surface area contributed by atoms with E-state index in [4.69, 9.17) is 10.5 Å². The lowest BCUT2D eigenvalue weighted by molar-refractivity contribution is -0.149. The van der Waals surface area contributed by atoms with Crippen LogP contribution in [0.5, 0.6) is 0 Å². The molecule has 0 radical (unpaired) electrons. The van der Waals surface area contributed by atoms with Crippen molar-refractivity contribution in [1.82, 2.24) is 9.78 Å². The maximum Gasteiger partial charge on any atom is 0.325 e. The van der Waals surface area contributed by atoms with Crippen molar-refractivity contribution < 1.29 is 9.53 Å². The molecule has 0 aliphatic heterocycles. The Morgan fingerprint density at radius 1 is 1.61 bits per heavy atom. The Morgan fingerprint density at radius 3 is 2.89 bits per heavy atom. The SMILES string of the molecule is COC(=O)C1(N)CCCC(n2nc(C)cc2C)C1. The summed E-state index contributed by atoms with van der Waals surface area (Å²) >= 11 is 0. The number of ether oxygens (including phenoxy) is 1. The van der Waals surface area contributed by atoms with E-state index in [1.807, 2.05) is 24.6 Å². The number of hydrogen-bond donors (Lipinski definition) is 1. The average molecular weight is 251 g/mol. The number of methoxy groups -OCH3 is 1. The fraction of sp³-hybridized carbons (Fsp3) is 0.692. The van der Waals surface area contributed by atoms with E-state index in [0.29, 0.717) is 12.8 Å². The quantitative estimate of drug-likeness (QED) is 0.808. The zero-order valence-electron chi connectivity index (χ0n) is 11.3. The van der Waals surface area contributed by atoms with Gasteiger partial charge in [0, 0.05) is 5.69 Å². The van der Waals surface area contributed by atoms with Crippen molar-refractivity contribution in [2.24, 2.45) is 5.73 Å². The monoisotopic (exact) mass is 251 g/mol. The predicted octanol–water partition coefficient (Wildman–Crippen LogP) is 1.49. The molecule has 1 saturated carbocycles. The lowest BCUT2D eigenvalue weighted by Crippen LogP contribution is -2.52. The molecule has 5 heteroatoms. The van der Waals surface area contributed by atoms with Crippen LogP contribution in [0.3, 0.4) is 0 Å². The van der Waals surface area contributed by atoms with E-state index >= 15 is 0 Å². The van der Waals surface area contributed by atoms with Gasteiger partial charge in [0.15, 0.2) is 0 Å². The fourth-order valence-corrected chi connectivity index (χ4v) is 2.89. The minimum atomic E-state index is -0.857. The molecule has 2 N–H and O–H groups in total. The summed E-state index contributed by atoms with van der Waals surface area (Å²) in [5.41, 5.74) is 7.44. The molecule has 1 aliphatic carbocycles. The van der Waals surface area contributed by atoms with Crippen LogP contribution in [-0.2, 0) is 9.53 Å². The van der Waals surface area contributed by atoms with Crippen LogP contribution in [0.25, 0.3) is 0 Å². The number of aryl methyl sites for hydroxylation is 2. The Balaban J connectivity index is 2.21.